The lowest BCUT2D eigenvalue weighted by Crippen LogP contribution is -2.46. The molecule has 0 unspecified atom stereocenters. The quantitative estimate of drug-likeness (QED) is 0.517. The second kappa shape index (κ2) is 7.78. The van der Waals surface area contributed by atoms with Gasteiger partial charge >= 0.3 is 0 Å². The van der Waals surface area contributed by atoms with E-state index in [1.54, 1.807) is 0 Å². The van der Waals surface area contributed by atoms with E-state index in [4.69, 9.17) is 16.6 Å². The van der Waals surface area contributed by atoms with Crippen molar-refractivity contribution in [2.45, 2.75) is 13.8 Å². The molecule has 0 radical (unpaired) electrons. The summed E-state index contributed by atoms with van der Waals surface area (Å²) in [5.41, 5.74) is 6.08. The van der Waals surface area contributed by atoms with Gasteiger partial charge in [0.05, 0.1) is 34.3 Å². The molecular weight excluding hydrogens is 396 g/mol. The maximum Gasteiger partial charge on any atom is 0.157 e. The highest BCUT2D eigenvalue weighted by molar-refractivity contribution is 6.33. The van der Waals surface area contributed by atoms with Crippen LogP contribution in [0.5, 0.6) is 0 Å². The Morgan fingerprint density at radius 3 is 2.67 bits per heavy atom. The SMILES string of the molecule is CCN1CCN(c2ccc3nc(Nc4c(C)cccc4Cl)c4cncn4c3c2)CC1. The Labute approximate surface area is 181 Å². The molecule has 4 aromatic rings. The Morgan fingerprint density at radius 1 is 1.07 bits per heavy atom. The van der Waals surface area contributed by atoms with Gasteiger partial charge in [-0.25, -0.2) is 9.97 Å². The molecule has 1 saturated heterocycles. The van der Waals surface area contributed by atoms with E-state index in [0.29, 0.717) is 5.02 Å². The van der Waals surface area contributed by atoms with Gasteiger partial charge in [-0.1, -0.05) is 30.7 Å². The molecule has 1 fully saturated rings. The largest absolute Gasteiger partial charge is 0.369 e. The summed E-state index contributed by atoms with van der Waals surface area (Å²) in [4.78, 5) is 14.2. The Hall–Kier alpha value is -2.83. The molecule has 0 saturated carbocycles. The van der Waals surface area contributed by atoms with E-state index in [-0.39, 0.29) is 0 Å². The van der Waals surface area contributed by atoms with Gasteiger partial charge in [0.15, 0.2) is 5.82 Å². The molecule has 1 aliphatic heterocycles. The lowest BCUT2D eigenvalue weighted by Gasteiger charge is -2.35. The molecule has 7 heteroatoms. The maximum absolute atomic E-state index is 6.43. The number of fused-ring (bicyclic) bond motifs is 3. The number of nitrogens with zero attached hydrogens (tertiary/aromatic N) is 5. The number of para-hydroxylation sites is 1. The minimum atomic E-state index is 0.677. The number of hydrogen-bond donors (Lipinski definition) is 1. The second-order valence-corrected chi connectivity index (χ2v) is 8.17. The molecule has 0 bridgehead atoms. The highest BCUT2D eigenvalue weighted by Gasteiger charge is 2.18. The van der Waals surface area contributed by atoms with Crippen molar-refractivity contribution in [2.75, 3.05) is 42.9 Å². The Kier molecular flexibility index (Phi) is 4.97. The predicted molar refractivity (Wildman–Crippen MR) is 124 cm³/mol. The second-order valence-electron chi connectivity index (χ2n) is 7.76. The van der Waals surface area contributed by atoms with Crippen molar-refractivity contribution in [3.05, 3.63) is 59.5 Å². The van der Waals surface area contributed by atoms with Crippen LogP contribution in [0, 0.1) is 6.92 Å². The fraction of sp³-hybridized carbons (Fsp3) is 0.304. The number of anilines is 3. The minimum Gasteiger partial charge on any atom is -0.369 e. The molecule has 0 spiro atoms. The van der Waals surface area contributed by atoms with Gasteiger partial charge in [-0.3, -0.25) is 4.40 Å². The Bertz CT molecular complexity index is 1190. The van der Waals surface area contributed by atoms with Crippen LogP contribution in [0.15, 0.2) is 48.9 Å². The van der Waals surface area contributed by atoms with Crippen molar-refractivity contribution in [2.24, 2.45) is 0 Å². The molecule has 2 aromatic heterocycles. The predicted octanol–water partition coefficient (Wildman–Crippen LogP) is 4.73. The summed E-state index contributed by atoms with van der Waals surface area (Å²) in [6.07, 6.45) is 3.69. The van der Waals surface area contributed by atoms with E-state index in [9.17, 15) is 0 Å². The number of imidazole rings is 1. The van der Waals surface area contributed by atoms with Crippen molar-refractivity contribution in [3.63, 3.8) is 0 Å². The zero-order valence-electron chi connectivity index (χ0n) is 17.3. The van der Waals surface area contributed by atoms with Crippen molar-refractivity contribution in [3.8, 4) is 0 Å². The van der Waals surface area contributed by atoms with Crippen molar-refractivity contribution >= 4 is 45.3 Å². The number of benzene rings is 2. The molecule has 0 aliphatic carbocycles. The lowest BCUT2D eigenvalue weighted by atomic mass is 10.2. The molecule has 5 rings (SSSR count). The molecule has 0 atom stereocenters. The summed E-state index contributed by atoms with van der Waals surface area (Å²) < 4.78 is 2.10. The van der Waals surface area contributed by atoms with E-state index in [1.165, 1.54) is 5.69 Å². The zero-order valence-corrected chi connectivity index (χ0v) is 18.0. The van der Waals surface area contributed by atoms with Crippen LogP contribution in [-0.2, 0) is 0 Å². The van der Waals surface area contributed by atoms with Crippen LogP contribution in [0.25, 0.3) is 16.6 Å². The van der Waals surface area contributed by atoms with Crippen molar-refractivity contribution < 1.29 is 0 Å². The molecule has 30 heavy (non-hydrogen) atoms. The number of nitrogens with one attached hydrogen (secondary N) is 1. The van der Waals surface area contributed by atoms with Crippen LogP contribution in [0.3, 0.4) is 0 Å². The monoisotopic (exact) mass is 420 g/mol. The fourth-order valence-corrected chi connectivity index (χ4v) is 4.43. The summed E-state index contributed by atoms with van der Waals surface area (Å²) in [6.45, 7) is 9.68. The van der Waals surface area contributed by atoms with Crippen LogP contribution in [-0.4, -0.2) is 52.0 Å². The lowest BCUT2D eigenvalue weighted by molar-refractivity contribution is 0.271. The highest BCUT2D eigenvalue weighted by atomic mass is 35.5. The third-order valence-corrected chi connectivity index (χ3v) is 6.30. The van der Waals surface area contributed by atoms with Gasteiger partial charge in [0.1, 0.15) is 5.52 Å². The standard InChI is InChI=1S/C23H25ClN6/c1-3-28-9-11-29(12-10-28)17-7-8-19-20(13-17)30-15-25-14-21(30)23(26-19)27-22-16(2)5-4-6-18(22)24/h4-8,13-15H,3,9-12H2,1-2H3,(H,26,27). The Balaban J connectivity index is 1.55. The summed E-state index contributed by atoms with van der Waals surface area (Å²) in [5, 5.41) is 4.11. The van der Waals surface area contributed by atoms with E-state index < -0.39 is 0 Å². The molecule has 2 aromatic carbocycles. The van der Waals surface area contributed by atoms with Crippen molar-refractivity contribution in [1.82, 2.24) is 19.3 Å². The highest BCUT2D eigenvalue weighted by Crippen LogP contribution is 2.32. The molecule has 6 nitrogen and oxygen atoms in total. The van der Waals surface area contributed by atoms with Crippen LogP contribution < -0.4 is 10.2 Å². The van der Waals surface area contributed by atoms with Crippen LogP contribution in [0.4, 0.5) is 17.2 Å². The molecule has 0 amide bonds. The van der Waals surface area contributed by atoms with E-state index >= 15 is 0 Å². The normalized spacial score (nSPS) is 15.2. The molecule has 154 valence electrons. The third kappa shape index (κ3) is 3.36. The molecule has 1 N–H and O–H groups in total. The van der Waals surface area contributed by atoms with Gasteiger partial charge in [-0.15, -0.1) is 0 Å². The third-order valence-electron chi connectivity index (χ3n) is 5.98. The molecular formula is C23H25ClN6. The average molecular weight is 421 g/mol. The summed E-state index contributed by atoms with van der Waals surface area (Å²) in [7, 11) is 0. The van der Waals surface area contributed by atoms with Gasteiger partial charge < -0.3 is 15.1 Å². The molecule has 3 heterocycles. The number of aryl methyl sites for hydroxylation is 1. The van der Waals surface area contributed by atoms with Gasteiger partial charge in [-0.2, -0.15) is 0 Å². The van der Waals surface area contributed by atoms with Gasteiger partial charge in [0.2, 0.25) is 0 Å². The maximum atomic E-state index is 6.43. The number of likely N-dealkylation sites (N-methyl/N-ethyl adjacent to an activating group) is 1. The van der Waals surface area contributed by atoms with E-state index in [1.807, 2.05) is 37.6 Å². The van der Waals surface area contributed by atoms with E-state index in [0.717, 1.165) is 66.3 Å². The first-order valence-corrected chi connectivity index (χ1v) is 10.8. The Morgan fingerprint density at radius 2 is 1.90 bits per heavy atom. The number of piperazine rings is 1. The fourth-order valence-electron chi connectivity index (χ4n) is 4.16. The zero-order chi connectivity index (χ0) is 20.7. The summed E-state index contributed by atoms with van der Waals surface area (Å²) >= 11 is 6.43. The first kappa shape index (κ1) is 19.2. The minimum absolute atomic E-state index is 0.677. The number of halogens is 1. The van der Waals surface area contributed by atoms with Crippen LogP contribution in [0.2, 0.25) is 5.02 Å². The summed E-state index contributed by atoms with van der Waals surface area (Å²) in [5.74, 6) is 0.750. The summed E-state index contributed by atoms with van der Waals surface area (Å²) in [6, 6.07) is 12.4. The average Bonchev–Trinajstić information content (AvgIpc) is 3.27. The first-order valence-electron chi connectivity index (χ1n) is 10.4. The molecule has 1 aliphatic rings. The number of rotatable bonds is 4. The van der Waals surface area contributed by atoms with E-state index in [2.05, 4.69) is 49.6 Å². The van der Waals surface area contributed by atoms with Gasteiger partial charge in [0, 0.05) is 31.9 Å². The van der Waals surface area contributed by atoms with Crippen molar-refractivity contribution in [1.29, 1.82) is 0 Å². The van der Waals surface area contributed by atoms with Gasteiger partial charge in [0.25, 0.3) is 0 Å². The van der Waals surface area contributed by atoms with Crippen LogP contribution in [0.1, 0.15) is 12.5 Å². The first-order chi connectivity index (χ1) is 14.6. The number of aromatic nitrogens is 3. The number of hydrogen-bond acceptors (Lipinski definition) is 5. The van der Waals surface area contributed by atoms with Gasteiger partial charge in [-0.05, 0) is 43.3 Å². The topological polar surface area (TPSA) is 48.7 Å². The van der Waals surface area contributed by atoms with Crippen LogP contribution >= 0.6 is 11.6 Å². The smallest absolute Gasteiger partial charge is 0.157 e.